The van der Waals surface area contributed by atoms with E-state index in [0.717, 1.165) is 50.8 Å². The van der Waals surface area contributed by atoms with Gasteiger partial charge in [-0.05, 0) is 95.7 Å². The van der Waals surface area contributed by atoms with Crippen LogP contribution in [0.3, 0.4) is 0 Å². The molecule has 0 unspecified atom stereocenters. The van der Waals surface area contributed by atoms with E-state index in [0.29, 0.717) is 0 Å². The highest BCUT2D eigenvalue weighted by molar-refractivity contribution is 7.25. The molecule has 2 aromatic heterocycles. The van der Waals surface area contributed by atoms with Crippen molar-refractivity contribution in [3.63, 3.8) is 0 Å². The van der Waals surface area contributed by atoms with E-state index < -0.39 is 0 Å². The topological polar surface area (TPSA) is 11.4 Å². The number of hydrogen-bond acceptors (Lipinski definition) is 3. The van der Waals surface area contributed by atoms with Crippen LogP contribution in [0.5, 0.6) is 0 Å². The van der Waals surface area contributed by atoms with Crippen molar-refractivity contribution >= 4 is 109 Å². The zero-order chi connectivity index (χ0) is 39.6. The molecule has 0 amide bonds. The van der Waals surface area contributed by atoms with Crippen molar-refractivity contribution < 1.29 is 0 Å². The average Bonchev–Trinajstić information content (AvgIpc) is 3.86. The molecule has 10 aromatic carbocycles. The van der Waals surface area contributed by atoms with Crippen molar-refractivity contribution in [2.24, 2.45) is 0 Å². The third-order valence-corrected chi connectivity index (χ3v) is 13.0. The van der Waals surface area contributed by atoms with E-state index in [1.54, 1.807) is 0 Å². The zero-order valence-corrected chi connectivity index (χ0v) is 33.4. The number of aromatic nitrogens is 1. The molecule has 0 aliphatic heterocycles. The van der Waals surface area contributed by atoms with E-state index in [2.05, 4.69) is 239 Å². The number of nitrogens with zero attached hydrogens (tertiary/aromatic N) is 3. The summed E-state index contributed by atoms with van der Waals surface area (Å²) in [6, 6.07) is 81.7. The van der Waals surface area contributed by atoms with Crippen LogP contribution >= 0.6 is 11.3 Å². The lowest BCUT2D eigenvalue weighted by atomic mass is 9.96. The van der Waals surface area contributed by atoms with Crippen molar-refractivity contribution in [1.82, 2.24) is 4.57 Å². The summed E-state index contributed by atoms with van der Waals surface area (Å²) >= 11 is 1.86. The molecule has 0 saturated heterocycles. The van der Waals surface area contributed by atoms with E-state index in [-0.39, 0.29) is 0 Å². The van der Waals surface area contributed by atoms with Gasteiger partial charge in [0.1, 0.15) is 0 Å². The van der Waals surface area contributed by atoms with Crippen molar-refractivity contribution in [2.75, 3.05) is 9.80 Å². The molecule has 12 aromatic rings. The first-order valence-corrected chi connectivity index (χ1v) is 21.3. The molecule has 0 radical (unpaired) electrons. The fourth-order valence-corrected chi connectivity index (χ4v) is 10.4. The largest absolute Gasteiger partial charge is 0.310 e. The summed E-state index contributed by atoms with van der Waals surface area (Å²) in [6.45, 7) is 0. The summed E-state index contributed by atoms with van der Waals surface area (Å²) in [4.78, 5) is 4.82. The molecule has 12 rings (SSSR count). The van der Waals surface area contributed by atoms with Crippen LogP contribution in [-0.2, 0) is 0 Å². The van der Waals surface area contributed by atoms with Crippen LogP contribution in [0.4, 0.5) is 34.1 Å². The number of hydrogen-bond donors (Lipinski definition) is 0. The van der Waals surface area contributed by atoms with Gasteiger partial charge in [-0.3, -0.25) is 0 Å². The Kier molecular flexibility index (Phi) is 8.03. The molecule has 0 atom stereocenters. The quantitative estimate of drug-likeness (QED) is 0.159. The summed E-state index contributed by atoms with van der Waals surface area (Å²) in [5, 5.41) is 9.87. The van der Waals surface area contributed by atoms with Gasteiger partial charge in [0.25, 0.3) is 0 Å². The maximum Gasteiger partial charge on any atom is 0.0568 e. The summed E-state index contributed by atoms with van der Waals surface area (Å²) < 4.78 is 5.12. The van der Waals surface area contributed by atoms with E-state index >= 15 is 0 Å². The molecule has 282 valence electrons. The maximum absolute atomic E-state index is 2.53. The predicted octanol–water partition coefficient (Wildman–Crippen LogP) is 16.4. The van der Waals surface area contributed by atoms with Crippen molar-refractivity contribution in [2.45, 2.75) is 0 Å². The Morgan fingerprint density at radius 3 is 1.12 bits per heavy atom. The van der Waals surface area contributed by atoms with Gasteiger partial charge in [-0.25, -0.2) is 0 Å². The third-order valence-electron chi connectivity index (χ3n) is 11.9. The Balaban J connectivity index is 1.27. The lowest BCUT2D eigenvalue weighted by Crippen LogP contribution is -2.10. The Morgan fingerprint density at radius 1 is 0.300 bits per heavy atom. The Labute approximate surface area is 351 Å². The minimum atomic E-state index is 1.11. The maximum atomic E-state index is 2.53. The highest BCUT2D eigenvalue weighted by atomic mass is 32.1. The molecule has 0 bridgehead atoms. The van der Waals surface area contributed by atoms with Gasteiger partial charge in [0.15, 0.2) is 0 Å². The second-order valence-electron chi connectivity index (χ2n) is 15.3. The van der Waals surface area contributed by atoms with Crippen LogP contribution in [0.25, 0.3) is 69.2 Å². The SMILES string of the molecule is c1ccc(N(c2ccccc2)c2cc3c(c4ccccc24)c2c4ccccc4c(N(c4ccccc4)c4ccccc4)cc2n3-c2ccc3sc4ccccc4c3c2)cc1. The van der Waals surface area contributed by atoms with Gasteiger partial charge in [-0.1, -0.05) is 140 Å². The first kappa shape index (κ1) is 34.4. The van der Waals surface area contributed by atoms with Crippen LogP contribution < -0.4 is 9.80 Å². The number of benzene rings is 10. The molecular formula is C56H37N3S. The molecule has 0 aliphatic rings. The van der Waals surface area contributed by atoms with E-state index in [4.69, 9.17) is 0 Å². The summed E-state index contributed by atoms with van der Waals surface area (Å²) in [5.41, 5.74) is 10.1. The predicted molar refractivity (Wildman–Crippen MR) is 258 cm³/mol. The molecule has 60 heavy (non-hydrogen) atoms. The van der Waals surface area contributed by atoms with Gasteiger partial charge in [-0.15, -0.1) is 11.3 Å². The second-order valence-corrected chi connectivity index (χ2v) is 16.4. The average molecular weight is 784 g/mol. The smallest absolute Gasteiger partial charge is 0.0568 e. The molecule has 3 nitrogen and oxygen atoms in total. The molecule has 0 N–H and O–H groups in total. The van der Waals surface area contributed by atoms with E-state index in [1.165, 1.54) is 52.5 Å². The van der Waals surface area contributed by atoms with Crippen LogP contribution in [0.2, 0.25) is 0 Å². The molecule has 2 heterocycles. The fourth-order valence-electron chi connectivity index (χ4n) is 9.36. The number of para-hydroxylation sites is 4. The molecular weight excluding hydrogens is 747 g/mol. The lowest BCUT2D eigenvalue weighted by molar-refractivity contribution is 1.18. The highest BCUT2D eigenvalue weighted by Crippen LogP contribution is 2.50. The third kappa shape index (κ3) is 5.42. The lowest BCUT2D eigenvalue weighted by Gasteiger charge is -2.27. The number of anilines is 6. The number of rotatable bonds is 7. The molecule has 0 fully saturated rings. The highest BCUT2D eigenvalue weighted by Gasteiger charge is 2.26. The van der Waals surface area contributed by atoms with Gasteiger partial charge in [0.2, 0.25) is 0 Å². The van der Waals surface area contributed by atoms with Gasteiger partial charge >= 0.3 is 0 Å². The molecule has 0 spiro atoms. The van der Waals surface area contributed by atoms with E-state index in [9.17, 15) is 0 Å². The van der Waals surface area contributed by atoms with Gasteiger partial charge in [0, 0.05) is 70.2 Å². The first-order chi connectivity index (χ1) is 29.8. The molecule has 4 heteroatoms. The van der Waals surface area contributed by atoms with Crippen molar-refractivity contribution in [3.8, 4) is 5.69 Å². The minimum Gasteiger partial charge on any atom is -0.310 e. The van der Waals surface area contributed by atoms with Crippen molar-refractivity contribution in [3.05, 3.63) is 224 Å². The van der Waals surface area contributed by atoms with Crippen LogP contribution in [0, 0.1) is 0 Å². The number of fused-ring (bicyclic) bond motifs is 10. The van der Waals surface area contributed by atoms with E-state index in [1.807, 2.05) is 11.3 Å². The number of thiophene rings is 1. The summed E-state index contributed by atoms with van der Waals surface area (Å²) in [5.74, 6) is 0. The summed E-state index contributed by atoms with van der Waals surface area (Å²) in [7, 11) is 0. The monoisotopic (exact) mass is 783 g/mol. The van der Waals surface area contributed by atoms with Crippen LogP contribution in [0.1, 0.15) is 0 Å². The molecule has 0 saturated carbocycles. The minimum absolute atomic E-state index is 1.11. The Bertz CT molecular complexity index is 3280. The normalized spacial score (nSPS) is 11.7. The summed E-state index contributed by atoms with van der Waals surface area (Å²) in [6.07, 6.45) is 0. The van der Waals surface area contributed by atoms with Gasteiger partial charge < -0.3 is 14.4 Å². The van der Waals surface area contributed by atoms with Crippen LogP contribution in [-0.4, -0.2) is 4.57 Å². The molecule has 0 aliphatic carbocycles. The zero-order valence-electron chi connectivity index (χ0n) is 32.6. The standard InChI is InChI=1S/C56H37N3S/c1-5-19-38(20-6-1)57(39-21-7-2-8-22-39)49-36-51-55(46-30-15-13-27-43(46)49)56-47-31-16-14-28-44(47)50(58(40-23-9-3-10-24-40)41-25-11-4-12-26-41)37-52(56)59(51)42-33-34-54-48(35-42)45-29-17-18-32-53(45)60-54/h1-37H. The van der Waals surface area contributed by atoms with Gasteiger partial charge in [-0.2, -0.15) is 0 Å². The van der Waals surface area contributed by atoms with Crippen LogP contribution in [0.15, 0.2) is 224 Å². The Hall–Kier alpha value is -7.66. The fraction of sp³-hybridized carbons (Fsp3) is 0. The Morgan fingerprint density at radius 2 is 0.667 bits per heavy atom. The second kappa shape index (κ2) is 14.0. The van der Waals surface area contributed by atoms with Crippen molar-refractivity contribution in [1.29, 1.82) is 0 Å². The first-order valence-electron chi connectivity index (χ1n) is 20.4. The van der Waals surface area contributed by atoms with Gasteiger partial charge in [0.05, 0.1) is 22.4 Å².